The summed E-state index contributed by atoms with van der Waals surface area (Å²) < 4.78 is 38.2. The molecule has 1 aromatic carbocycles. The number of carbonyl (C=O) groups excluding carboxylic acids is 1. The Kier molecular flexibility index (Phi) is 7.34. The Morgan fingerprint density at radius 1 is 1.26 bits per heavy atom. The smallest absolute Gasteiger partial charge is 0.246 e. The van der Waals surface area contributed by atoms with Crippen molar-refractivity contribution in [3.8, 4) is 5.75 Å². The van der Waals surface area contributed by atoms with Crippen LogP contribution in [0.2, 0.25) is 0 Å². The highest BCUT2D eigenvalue weighted by Gasteiger charge is 2.29. The van der Waals surface area contributed by atoms with Crippen molar-refractivity contribution < 1.29 is 22.5 Å². The Hall–Kier alpha value is -2.43. The number of nitrogens with one attached hydrogen (secondary N) is 1. The van der Waals surface area contributed by atoms with E-state index in [2.05, 4.69) is 10.5 Å². The van der Waals surface area contributed by atoms with Gasteiger partial charge in [0.1, 0.15) is 16.4 Å². The number of likely N-dealkylation sites (N-methyl/N-ethyl adjacent to an activating group) is 1. The van der Waals surface area contributed by atoms with Crippen LogP contribution < -0.4 is 10.1 Å². The van der Waals surface area contributed by atoms with E-state index in [0.717, 1.165) is 36.3 Å². The number of sulfonamides is 1. The van der Waals surface area contributed by atoms with Crippen LogP contribution in [0.4, 0.5) is 5.69 Å². The molecule has 0 spiro atoms. The van der Waals surface area contributed by atoms with Gasteiger partial charge in [0.05, 0.1) is 19.3 Å². The highest BCUT2D eigenvalue weighted by molar-refractivity contribution is 7.89. The van der Waals surface area contributed by atoms with Gasteiger partial charge in [0, 0.05) is 30.9 Å². The second-order valence-electron chi connectivity index (χ2n) is 7.85. The van der Waals surface area contributed by atoms with Gasteiger partial charge in [-0.25, -0.2) is 8.42 Å². The zero-order valence-corrected chi connectivity index (χ0v) is 19.3. The number of aryl methyl sites for hydroxylation is 2. The van der Waals surface area contributed by atoms with Crippen molar-refractivity contribution >= 4 is 21.6 Å². The van der Waals surface area contributed by atoms with Crippen LogP contribution in [0.5, 0.6) is 5.75 Å². The van der Waals surface area contributed by atoms with Crippen LogP contribution in [0.1, 0.15) is 36.3 Å². The third-order valence-corrected chi connectivity index (χ3v) is 7.32. The monoisotopic (exact) mass is 450 g/mol. The summed E-state index contributed by atoms with van der Waals surface area (Å²) in [5.74, 6) is 0.743. The van der Waals surface area contributed by atoms with E-state index in [4.69, 9.17) is 9.26 Å². The summed E-state index contributed by atoms with van der Waals surface area (Å²) in [4.78, 5) is 14.5. The minimum absolute atomic E-state index is 0.0683. The summed E-state index contributed by atoms with van der Waals surface area (Å²) in [6, 6.07) is 4.68. The molecule has 1 N–H and O–H groups in total. The minimum Gasteiger partial charge on any atom is -0.495 e. The van der Waals surface area contributed by atoms with Gasteiger partial charge in [0.15, 0.2) is 0 Å². The maximum Gasteiger partial charge on any atom is 0.246 e. The highest BCUT2D eigenvalue weighted by atomic mass is 32.2. The quantitative estimate of drug-likeness (QED) is 0.659. The molecule has 2 heterocycles. The number of methoxy groups -OCH3 is 1. The SMILES string of the molecule is COc1ccc(NC(=O)CN(C)Cc2c(C)noc2C)cc1S(=O)(=O)N1CCCCC1. The van der Waals surface area contributed by atoms with Crippen LogP contribution in [-0.2, 0) is 21.4 Å². The van der Waals surface area contributed by atoms with Crippen molar-refractivity contribution in [2.24, 2.45) is 0 Å². The molecular weight excluding hydrogens is 420 g/mol. The molecule has 31 heavy (non-hydrogen) atoms. The summed E-state index contributed by atoms with van der Waals surface area (Å²) in [5.41, 5.74) is 2.16. The van der Waals surface area contributed by atoms with Gasteiger partial charge in [-0.05, 0) is 51.9 Å². The minimum atomic E-state index is -3.70. The van der Waals surface area contributed by atoms with E-state index in [0.29, 0.717) is 25.3 Å². The third kappa shape index (κ3) is 5.44. The van der Waals surface area contributed by atoms with E-state index in [1.165, 1.54) is 17.5 Å². The molecule has 0 unspecified atom stereocenters. The number of hydrogen-bond donors (Lipinski definition) is 1. The molecular formula is C21H30N4O5S. The standard InChI is InChI=1S/C21H30N4O5S/c1-15-18(16(2)30-23-15)13-24(3)14-21(26)22-17-8-9-19(29-4)20(12-17)31(27,28)25-10-6-5-7-11-25/h8-9,12H,5-7,10-11,13-14H2,1-4H3,(H,22,26). The van der Waals surface area contributed by atoms with E-state index >= 15 is 0 Å². The van der Waals surface area contributed by atoms with E-state index in [-0.39, 0.29) is 23.1 Å². The van der Waals surface area contributed by atoms with Crippen LogP contribution in [0.15, 0.2) is 27.6 Å². The van der Waals surface area contributed by atoms with E-state index in [1.54, 1.807) is 12.1 Å². The zero-order valence-electron chi connectivity index (χ0n) is 18.5. The molecule has 0 aliphatic carbocycles. The van der Waals surface area contributed by atoms with Crippen LogP contribution in [0.25, 0.3) is 0 Å². The predicted octanol–water partition coefficient (Wildman–Crippen LogP) is 2.55. The molecule has 1 amide bonds. The number of piperidine rings is 1. The highest BCUT2D eigenvalue weighted by Crippen LogP contribution is 2.31. The van der Waals surface area contributed by atoms with Gasteiger partial charge in [-0.2, -0.15) is 4.31 Å². The van der Waals surface area contributed by atoms with Crippen LogP contribution in [-0.4, -0.2) is 62.5 Å². The van der Waals surface area contributed by atoms with Crippen molar-refractivity contribution in [1.82, 2.24) is 14.4 Å². The van der Waals surface area contributed by atoms with Crippen LogP contribution in [0.3, 0.4) is 0 Å². The van der Waals surface area contributed by atoms with E-state index in [1.807, 2.05) is 25.8 Å². The molecule has 1 fully saturated rings. The largest absolute Gasteiger partial charge is 0.495 e. The Bertz CT molecular complexity index is 1010. The van der Waals surface area contributed by atoms with Crippen molar-refractivity contribution in [3.05, 3.63) is 35.2 Å². The lowest BCUT2D eigenvalue weighted by Crippen LogP contribution is -2.35. The number of carbonyl (C=O) groups is 1. The van der Waals surface area contributed by atoms with Gasteiger partial charge in [-0.3, -0.25) is 9.69 Å². The van der Waals surface area contributed by atoms with Crippen molar-refractivity contribution in [1.29, 1.82) is 0 Å². The Labute approximate surface area is 183 Å². The predicted molar refractivity (Wildman–Crippen MR) is 117 cm³/mol. The van der Waals surface area contributed by atoms with Gasteiger partial charge < -0.3 is 14.6 Å². The number of ether oxygens (including phenoxy) is 1. The fourth-order valence-corrected chi connectivity index (χ4v) is 5.40. The molecule has 10 heteroatoms. The van der Waals surface area contributed by atoms with Crippen molar-refractivity contribution in [3.63, 3.8) is 0 Å². The molecule has 2 aromatic rings. The Morgan fingerprint density at radius 2 is 1.97 bits per heavy atom. The number of amides is 1. The zero-order chi connectivity index (χ0) is 22.6. The second kappa shape index (κ2) is 9.80. The molecule has 0 bridgehead atoms. The molecule has 0 atom stereocenters. The Balaban J connectivity index is 1.71. The first-order chi connectivity index (χ1) is 14.7. The third-order valence-electron chi connectivity index (χ3n) is 5.40. The van der Waals surface area contributed by atoms with Crippen LogP contribution >= 0.6 is 0 Å². The number of benzene rings is 1. The molecule has 1 aromatic heterocycles. The summed E-state index contributed by atoms with van der Waals surface area (Å²) in [6.45, 7) is 5.34. The molecule has 1 aliphatic heterocycles. The van der Waals surface area contributed by atoms with Crippen LogP contribution in [0, 0.1) is 13.8 Å². The first kappa shape index (κ1) is 23.2. The summed E-state index contributed by atoms with van der Waals surface area (Å²) in [7, 11) is -0.439. The maximum absolute atomic E-state index is 13.1. The molecule has 0 radical (unpaired) electrons. The second-order valence-corrected chi connectivity index (χ2v) is 9.76. The first-order valence-electron chi connectivity index (χ1n) is 10.3. The fraction of sp³-hybridized carbons (Fsp3) is 0.524. The van der Waals surface area contributed by atoms with Gasteiger partial charge in [0.25, 0.3) is 0 Å². The van der Waals surface area contributed by atoms with Gasteiger partial charge in [-0.1, -0.05) is 11.6 Å². The van der Waals surface area contributed by atoms with Gasteiger partial charge >= 0.3 is 0 Å². The van der Waals surface area contributed by atoms with E-state index < -0.39 is 10.0 Å². The molecule has 1 saturated heterocycles. The number of aromatic nitrogens is 1. The average molecular weight is 451 g/mol. The molecule has 9 nitrogen and oxygen atoms in total. The van der Waals surface area contributed by atoms with E-state index in [9.17, 15) is 13.2 Å². The lowest BCUT2D eigenvalue weighted by atomic mass is 10.2. The normalized spacial score (nSPS) is 15.3. The fourth-order valence-electron chi connectivity index (χ4n) is 3.70. The lowest BCUT2D eigenvalue weighted by molar-refractivity contribution is -0.117. The lowest BCUT2D eigenvalue weighted by Gasteiger charge is -2.26. The topological polar surface area (TPSA) is 105 Å². The van der Waals surface area contributed by atoms with Gasteiger partial charge in [-0.15, -0.1) is 0 Å². The number of rotatable bonds is 8. The maximum atomic E-state index is 13.1. The summed E-state index contributed by atoms with van der Waals surface area (Å²) in [6.07, 6.45) is 2.71. The Morgan fingerprint density at radius 3 is 2.58 bits per heavy atom. The molecule has 3 rings (SSSR count). The summed E-state index contributed by atoms with van der Waals surface area (Å²) >= 11 is 0. The summed E-state index contributed by atoms with van der Waals surface area (Å²) in [5, 5.41) is 6.72. The first-order valence-corrected chi connectivity index (χ1v) is 11.7. The van der Waals surface area contributed by atoms with Crippen molar-refractivity contribution in [2.75, 3.05) is 39.1 Å². The van der Waals surface area contributed by atoms with Crippen molar-refractivity contribution in [2.45, 2.75) is 44.6 Å². The molecule has 170 valence electrons. The number of nitrogens with zero attached hydrogens (tertiary/aromatic N) is 3. The average Bonchev–Trinajstić information content (AvgIpc) is 3.06. The number of hydrogen-bond acceptors (Lipinski definition) is 7. The molecule has 1 aliphatic rings. The molecule has 0 saturated carbocycles. The number of anilines is 1. The van der Waals surface area contributed by atoms with Gasteiger partial charge in [0.2, 0.25) is 15.9 Å².